The van der Waals surface area contributed by atoms with E-state index in [1.807, 2.05) is 0 Å². The topological polar surface area (TPSA) is 69.0 Å². The normalized spacial score (nSPS) is 21.4. The number of alkyl halides is 3. The van der Waals surface area contributed by atoms with Gasteiger partial charge in [-0.3, -0.25) is 4.79 Å². The van der Waals surface area contributed by atoms with Gasteiger partial charge in [-0.15, -0.1) is 0 Å². The van der Waals surface area contributed by atoms with Crippen molar-refractivity contribution in [2.75, 3.05) is 5.32 Å². The molecule has 1 N–H and O–H groups in total. The number of nitrogens with one attached hydrogen (secondary N) is 1. The summed E-state index contributed by atoms with van der Waals surface area (Å²) in [6.45, 7) is 0. The average molecular weight is 319 g/mol. The molecule has 3 rings (SSSR count). The molecule has 0 saturated heterocycles. The van der Waals surface area contributed by atoms with Crippen LogP contribution in [0, 0.1) is 0 Å². The molecule has 2 heterocycles. The van der Waals surface area contributed by atoms with Crippen LogP contribution in [-0.2, 0) is 10.5 Å². The Kier molecular flexibility index (Phi) is 2.84. The molecule has 1 amide bonds. The molecule has 0 spiro atoms. The molecule has 1 aromatic heterocycles. The van der Waals surface area contributed by atoms with Gasteiger partial charge in [-0.1, -0.05) is 11.6 Å². The van der Waals surface area contributed by atoms with E-state index in [9.17, 15) is 18.0 Å². The van der Waals surface area contributed by atoms with Crippen LogP contribution in [0.2, 0.25) is 5.02 Å². The molecule has 21 heavy (non-hydrogen) atoms. The van der Waals surface area contributed by atoms with Crippen molar-refractivity contribution in [1.82, 2.24) is 14.8 Å². The zero-order valence-electron chi connectivity index (χ0n) is 10.1. The summed E-state index contributed by atoms with van der Waals surface area (Å²) < 4.78 is 45.7. The summed E-state index contributed by atoms with van der Waals surface area (Å²) in [5.41, 5.74) is -3.27. The monoisotopic (exact) mass is 318 g/mol. The third-order valence-corrected chi connectivity index (χ3v) is 3.12. The van der Waals surface area contributed by atoms with E-state index >= 15 is 0 Å². The lowest BCUT2D eigenvalue weighted by molar-refractivity contribution is -0.275. The average Bonchev–Trinajstić information content (AvgIpc) is 2.90. The predicted octanol–water partition coefficient (Wildman–Crippen LogP) is 2.18. The van der Waals surface area contributed by atoms with E-state index in [0.29, 0.717) is 4.68 Å². The van der Waals surface area contributed by atoms with Crippen LogP contribution in [-0.4, -0.2) is 26.8 Å². The summed E-state index contributed by atoms with van der Waals surface area (Å²) in [5.74, 6) is -1.61. The van der Waals surface area contributed by atoms with Crippen LogP contribution in [0.25, 0.3) is 0 Å². The highest BCUT2D eigenvalue weighted by Gasteiger charge is 2.67. The van der Waals surface area contributed by atoms with Gasteiger partial charge in [-0.2, -0.15) is 23.0 Å². The molecular weight excluding hydrogens is 313 g/mol. The Morgan fingerprint density at radius 3 is 2.76 bits per heavy atom. The Hall–Kier alpha value is -2.29. The fourth-order valence-corrected chi connectivity index (χ4v) is 2.11. The van der Waals surface area contributed by atoms with Gasteiger partial charge in [0.05, 0.1) is 5.69 Å². The lowest BCUT2D eigenvalue weighted by Gasteiger charge is -2.37. The second-order valence-electron chi connectivity index (χ2n) is 4.18. The molecule has 1 aliphatic rings. The minimum absolute atomic E-state index is 0.0486. The zero-order valence-corrected chi connectivity index (χ0v) is 10.8. The van der Waals surface area contributed by atoms with Crippen LogP contribution < -0.4 is 10.1 Å². The van der Waals surface area contributed by atoms with Crippen LogP contribution in [0.5, 0.6) is 5.75 Å². The van der Waals surface area contributed by atoms with Crippen molar-refractivity contribution in [3.63, 3.8) is 0 Å². The van der Waals surface area contributed by atoms with E-state index in [0.717, 1.165) is 12.7 Å². The molecule has 0 bridgehead atoms. The van der Waals surface area contributed by atoms with Crippen LogP contribution in [0.1, 0.15) is 0 Å². The van der Waals surface area contributed by atoms with Gasteiger partial charge in [0.15, 0.2) is 0 Å². The maximum atomic E-state index is 13.5. The van der Waals surface area contributed by atoms with E-state index in [4.69, 9.17) is 16.3 Å². The van der Waals surface area contributed by atoms with Gasteiger partial charge in [-0.25, -0.2) is 4.98 Å². The molecule has 0 radical (unpaired) electrons. The van der Waals surface area contributed by atoms with Crippen molar-refractivity contribution >= 4 is 23.2 Å². The fraction of sp³-hybridized carbons (Fsp3) is 0.182. The number of hydrogen-bond donors (Lipinski definition) is 1. The van der Waals surface area contributed by atoms with Crippen LogP contribution in [0.3, 0.4) is 0 Å². The summed E-state index contributed by atoms with van der Waals surface area (Å²) in [7, 11) is 0. The lowest BCUT2D eigenvalue weighted by atomic mass is 10.1. The van der Waals surface area contributed by atoms with E-state index in [1.54, 1.807) is 0 Å². The van der Waals surface area contributed by atoms with E-state index < -0.39 is 17.8 Å². The molecule has 1 atom stereocenters. The third-order valence-electron chi connectivity index (χ3n) is 2.88. The minimum Gasteiger partial charge on any atom is -0.447 e. The Bertz CT molecular complexity index is 704. The van der Waals surface area contributed by atoms with Crippen molar-refractivity contribution in [3.05, 3.63) is 35.9 Å². The molecule has 2 aromatic rings. The SMILES string of the molecule is O=C1Nc2cc(Cl)ccc2O[C@@]1(n1cncn1)C(F)(F)F. The first-order chi connectivity index (χ1) is 9.84. The van der Waals surface area contributed by atoms with Gasteiger partial charge in [0.25, 0.3) is 0 Å². The maximum absolute atomic E-state index is 13.5. The molecule has 110 valence electrons. The quantitative estimate of drug-likeness (QED) is 0.875. The molecule has 0 saturated carbocycles. The molecule has 0 fully saturated rings. The summed E-state index contributed by atoms with van der Waals surface area (Å²) >= 11 is 5.73. The number of rotatable bonds is 1. The Morgan fingerprint density at radius 2 is 2.14 bits per heavy atom. The van der Waals surface area contributed by atoms with Gasteiger partial charge in [0.2, 0.25) is 0 Å². The number of nitrogens with zero attached hydrogens (tertiary/aromatic N) is 3. The van der Waals surface area contributed by atoms with E-state index in [2.05, 4.69) is 15.4 Å². The minimum atomic E-state index is -5.05. The number of carbonyl (C=O) groups is 1. The van der Waals surface area contributed by atoms with Gasteiger partial charge < -0.3 is 10.1 Å². The molecule has 0 unspecified atom stereocenters. The van der Waals surface area contributed by atoms with Crippen molar-refractivity contribution < 1.29 is 22.7 Å². The highest BCUT2D eigenvalue weighted by molar-refractivity contribution is 6.31. The van der Waals surface area contributed by atoms with Crippen LogP contribution in [0.15, 0.2) is 30.9 Å². The zero-order chi connectivity index (χ0) is 15.3. The maximum Gasteiger partial charge on any atom is 0.461 e. The molecule has 0 aliphatic carbocycles. The molecule has 6 nitrogen and oxygen atoms in total. The smallest absolute Gasteiger partial charge is 0.447 e. The number of hydrogen-bond acceptors (Lipinski definition) is 4. The Morgan fingerprint density at radius 1 is 1.38 bits per heavy atom. The number of amides is 1. The number of aromatic nitrogens is 3. The first-order valence-electron chi connectivity index (χ1n) is 5.56. The number of benzene rings is 1. The number of fused-ring (bicyclic) bond motifs is 1. The molecule has 1 aromatic carbocycles. The van der Waals surface area contributed by atoms with Crippen molar-refractivity contribution in [2.24, 2.45) is 0 Å². The number of anilines is 1. The second kappa shape index (κ2) is 4.35. The molecule has 1 aliphatic heterocycles. The van der Waals surface area contributed by atoms with Gasteiger partial charge in [0, 0.05) is 5.02 Å². The lowest BCUT2D eigenvalue weighted by Crippen LogP contribution is -2.62. The van der Waals surface area contributed by atoms with E-state index in [-0.39, 0.29) is 16.5 Å². The largest absolute Gasteiger partial charge is 0.461 e. The summed E-state index contributed by atoms with van der Waals surface area (Å²) in [5, 5.41) is 5.77. The highest BCUT2D eigenvalue weighted by atomic mass is 35.5. The summed E-state index contributed by atoms with van der Waals surface area (Å²) in [6, 6.07) is 3.87. The first kappa shape index (κ1) is 13.7. The van der Waals surface area contributed by atoms with Gasteiger partial charge in [0.1, 0.15) is 18.4 Å². The Labute approximate surface area is 120 Å². The van der Waals surface area contributed by atoms with Crippen LogP contribution >= 0.6 is 11.6 Å². The highest BCUT2D eigenvalue weighted by Crippen LogP contribution is 2.45. The first-order valence-corrected chi connectivity index (χ1v) is 5.94. The molecule has 10 heteroatoms. The number of halogens is 4. The summed E-state index contributed by atoms with van der Waals surface area (Å²) in [6.07, 6.45) is -3.42. The van der Waals surface area contributed by atoms with Crippen molar-refractivity contribution in [3.8, 4) is 5.75 Å². The number of carbonyl (C=O) groups excluding carboxylic acids is 1. The standard InChI is InChI=1S/C11H6ClF3N4O2/c12-6-1-2-8-7(3-6)18-9(20)10(21-8,11(13,14)15)19-5-16-4-17-19/h1-5H,(H,18,20)/t10-/m1/s1. The second-order valence-corrected chi connectivity index (χ2v) is 4.61. The summed E-state index contributed by atoms with van der Waals surface area (Å²) in [4.78, 5) is 15.5. The van der Waals surface area contributed by atoms with Crippen molar-refractivity contribution in [1.29, 1.82) is 0 Å². The van der Waals surface area contributed by atoms with Crippen LogP contribution in [0.4, 0.5) is 18.9 Å². The fourth-order valence-electron chi connectivity index (χ4n) is 1.94. The van der Waals surface area contributed by atoms with Crippen molar-refractivity contribution in [2.45, 2.75) is 11.9 Å². The predicted molar refractivity (Wildman–Crippen MR) is 64.8 cm³/mol. The van der Waals surface area contributed by atoms with E-state index in [1.165, 1.54) is 18.2 Å². The van der Waals surface area contributed by atoms with Gasteiger partial charge >= 0.3 is 17.8 Å². The number of ether oxygens (including phenoxy) is 1. The Balaban J connectivity index is 2.19. The third kappa shape index (κ3) is 1.92. The van der Waals surface area contributed by atoms with Gasteiger partial charge in [-0.05, 0) is 18.2 Å². The molecular formula is C11H6ClF3N4O2.